The maximum absolute atomic E-state index is 13.0. The average Bonchev–Trinajstić information content (AvgIpc) is 2.22. The lowest BCUT2D eigenvalue weighted by Crippen LogP contribution is -2.27. The first-order chi connectivity index (χ1) is 6.97. The highest BCUT2D eigenvalue weighted by Crippen LogP contribution is 2.19. The van der Waals surface area contributed by atoms with Gasteiger partial charge in [-0.25, -0.2) is 17.6 Å². The van der Waals surface area contributed by atoms with Gasteiger partial charge in [0.25, 0.3) is 0 Å². The molecule has 0 radical (unpaired) electrons. The van der Waals surface area contributed by atoms with Gasteiger partial charge in [0.15, 0.2) is 23.3 Å². The Morgan fingerprint density at radius 3 is 2.19 bits per heavy atom. The molecule has 16 heavy (non-hydrogen) atoms. The van der Waals surface area contributed by atoms with Gasteiger partial charge in [0.05, 0.1) is 6.61 Å². The van der Waals surface area contributed by atoms with Gasteiger partial charge in [-0.2, -0.15) is 0 Å². The Kier molecular flexibility index (Phi) is 5.71. The van der Waals surface area contributed by atoms with E-state index in [9.17, 15) is 17.6 Å². The summed E-state index contributed by atoms with van der Waals surface area (Å²) in [4.78, 5) is 0. The topological polar surface area (TPSA) is 46.2 Å². The zero-order chi connectivity index (χ0) is 11.6. The molecule has 1 unspecified atom stereocenters. The predicted molar refractivity (Wildman–Crippen MR) is 52.3 cm³/mol. The lowest BCUT2D eigenvalue weighted by atomic mass is 10.1. The Balaban J connectivity index is 0.00000225. The highest BCUT2D eigenvalue weighted by molar-refractivity contribution is 5.85. The molecule has 0 aliphatic heterocycles. The smallest absolute Gasteiger partial charge is 0.197 e. The molecule has 0 aromatic heterocycles. The Labute approximate surface area is 95.5 Å². The van der Waals surface area contributed by atoms with Crippen LogP contribution in [0.15, 0.2) is 6.07 Å². The maximum atomic E-state index is 13.0. The fourth-order valence-electron chi connectivity index (χ4n) is 1.12. The zero-order valence-corrected chi connectivity index (χ0v) is 8.83. The van der Waals surface area contributed by atoms with Crippen LogP contribution in [0.5, 0.6) is 0 Å². The van der Waals surface area contributed by atoms with Gasteiger partial charge >= 0.3 is 0 Å². The van der Waals surface area contributed by atoms with Gasteiger partial charge in [0.1, 0.15) is 0 Å². The first-order valence-corrected chi connectivity index (χ1v) is 4.15. The second-order valence-corrected chi connectivity index (χ2v) is 3.11. The molecule has 0 spiro atoms. The van der Waals surface area contributed by atoms with Crippen LogP contribution in [0.3, 0.4) is 0 Å². The lowest BCUT2D eigenvalue weighted by molar-refractivity contribution is 0.264. The molecule has 0 aliphatic rings. The largest absolute Gasteiger partial charge is 0.395 e. The highest BCUT2D eigenvalue weighted by Gasteiger charge is 2.19. The van der Waals surface area contributed by atoms with Gasteiger partial charge in [0.2, 0.25) is 0 Å². The minimum atomic E-state index is -1.87. The van der Waals surface area contributed by atoms with Crippen molar-refractivity contribution in [2.24, 2.45) is 5.73 Å². The fourth-order valence-corrected chi connectivity index (χ4v) is 1.12. The van der Waals surface area contributed by atoms with E-state index < -0.39 is 41.5 Å². The molecule has 92 valence electrons. The summed E-state index contributed by atoms with van der Waals surface area (Å²) in [5, 5.41) is 8.57. The van der Waals surface area contributed by atoms with Crippen molar-refractivity contribution in [3.63, 3.8) is 0 Å². The fraction of sp³-hybridized carbons (Fsp3) is 0.333. The van der Waals surface area contributed by atoms with Crippen LogP contribution in [-0.2, 0) is 6.42 Å². The highest BCUT2D eigenvalue weighted by atomic mass is 35.5. The molecule has 1 aromatic carbocycles. The summed E-state index contributed by atoms with van der Waals surface area (Å²) in [6, 6.07) is -0.313. The van der Waals surface area contributed by atoms with Gasteiger partial charge < -0.3 is 10.8 Å². The molecule has 0 bridgehead atoms. The van der Waals surface area contributed by atoms with Gasteiger partial charge in [0, 0.05) is 6.04 Å². The van der Waals surface area contributed by atoms with E-state index in [2.05, 4.69) is 0 Å². The second-order valence-electron chi connectivity index (χ2n) is 3.11. The molecule has 1 atom stereocenters. The molecule has 0 fully saturated rings. The molecule has 3 N–H and O–H groups in total. The normalized spacial score (nSPS) is 12.1. The molecule has 7 heteroatoms. The van der Waals surface area contributed by atoms with Crippen molar-refractivity contribution >= 4 is 12.4 Å². The quantitative estimate of drug-likeness (QED) is 0.491. The molecule has 1 rings (SSSR count). The first kappa shape index (κ1) is 15.2. The van der Waals surface area contributed by atoms with Crippen molar-refractivity contribution in [3.05, 3.63) is 34.9 Å². The van der Waals surface area contributed by atoms with Crippen LogP contribution in [0.25, 0.3) is 0 Å². The maximum Gasteiger partial charge on any atom is 0.197 e. The number of aliphatic hydroxyl groups excluding tert-OH is 1. The van der Waals surface area contributed by atoms with Gasteiger partial charge in [-0.1, -0.05) is 0 Å². The van der Waals surface area contributed by atoms with Crippen LogP contribution in [0.2, 0.25) is 0 Å². The summed E-state index contributed by atoms with van der Waals surface area (Å²) in [5.74, 6) is -6.67. The molecule has 0 saturated heterocycles. The van der Waals surface area contributed by atoms with E-state index in [1.165, 1.54) is 0 Å². The summed E-state index contributed by atoms with van der Waals surface area (Å²) in [6.45, 7) is -0.458. The van der Waals surface area contributed by atoms with Crippen molar-refractivity contribution < 1.29 is 22.7 Å². The third kappa shape index (κ3) is 3.07. The molecule has 2 nitrogen and oxygen atoms in total. The number of hydrogen-bond acceptors (Lipinski definition) is 2. The van der Waals surface area contributed by atoms with Gasteiger partial charge in [-0.15, -0.1) is 12.4 Å². The Morgan fingerprint density at radius 2 is 1.69 bits per heavy atom. The monoisotopic (exact) mass is 259 g/mol. The van der Waals surface area contributed by atoms with E-state index in [-0.39, 0.29) is 18.8 Å². The Bertz CT molecular complexity index is 375. The summed E-state index contributed by atoms with van der Waals surface area (Å²) < 4.78 is 50.9. The van der Waals surface area contributed by atoms with Crippen LogP contribution in [-0.4, -0.2) is 17.8 Å². The zero-order valence-electron chi connectivity index (χ0n) is 8.01. The molecule has 0 saturated carbocycles. The van der Waals surface area contributed by atoms with Crippen LogP contribution >= 0.6 is 12.4 Å². The molecular formula is C9H10ClF4NO. The van der Waals surface area contributed by atoms with E-state index in [4.69, 9.17) is 10.8 Å². The minimum absolute atomic E-state index is 0. The number of aliphatic hydroxyl groups is 1. The number of rotatable bonds is 3. The van der Waals surface area contributed by atoms with E-state index in [1.807, 2.05) is 0 Å². The van der Waals surface area contributed by atoms with E-state index in [1.54, 1.807) is 0 Å². The van der Waals surface area contributed by atoms with Crippen LogP contribution in [0.4, 0.5) is 17.6 Å². The minimum Gasteiger partial charge on any atom is -0.395 e. The Morgan fingerprint density at radius 1 is 1.12 bits per heavy atom. The van der Waals surface area contributed by atoms with Crippen molar-refractivity contribution in [1.29, 1.82) is 0 Å². The molecule has 0 aliphatic carbocycles. The second kappa shape index (κ2) is 6.03. The predicted octanol–water partition coefficient (Wildman–Crippen LogP) is 1.53. The van der Waals surface area contributed by atoms with Crippen molar-refractivity contribution in [2.75, 3.05) is 6.61 Å². The van der Waals surface area contributed by atoms with Gasteiger partial charge in [-0.3, -0.25) is 0 Å². The van der Waals surface area contributed by atoms with E-state index in [0.717, 1.165) is 0 Å². The molecule has 0 amide bonds. The number of hydrogen-bond donors (Lipinski definition) is 2. The number of nitrogens with two attached hydrogens (primary N) is 1. The van der Waals surface area contributed by atoms with Crippen LogP contribution in [0, 0.1) is 23.3 Å². The van der Waals surface area contributed by atoms with E-state index in [0.29, 0.717) is 6.07 Å². The summed E-state index contributed by atoms with van der Waals surface area (Å²) >= 11 is 0. The van der Waals surface area contributed by atoms with Crippen LogP contribution in [0.1, 0.15) is 5.56 Å². The van der Waals surface area contributed by atoms with Crippen LogP contribution < -0.4 is 5.73 Å². The first-order valence-electron chi connectivity index (χ1n) is 4.15. The SMILES string of the molecule is Cl.NC(CO)Cc1cc(F)c(F)c(F)c1F. The average molecular weight is 260 g/mol. The lowest BCUT2D eigenvalue weighted by Gasteiger charge is -2.09. The summed E-state index contributed by atoms with van der Waals surface area (Å²) in [6.07, 6.45) is -0.267. The van der Waals surface area contributed by atoms with Crippen molar-refractivity contribution in [2.45, 2.75) is 12.5 Å². The molecular weight excluding hydrogens is 250 g/mol. The third-order valence-electron chi connectivity index (χ3n) is 1.89. The number of halogens is 5. The molecule has 1 aromatic rings. The standard InChI is InChI=1S/C9H9F4NO.ClH/c10-6-2-4(1-5(14)3-15)7(11)9(13)8(6)12;/h2,5,15H,1,3,14H2;1H. The number of benzene rings is 1. The summed E-state index contributed by atoms with van der Waals surface area (Å²) in [5.41, 5.74) is 4.86. The van der Waals surface area contributed by atoms with E-state index >= 15 is 0 Å². The third-order valence-corrected chi connectivity index (χ3v) is 1.89. The molecule has 0 heterocycles. The van der Waals surface area contributed by atoms with Crippen molar-refractivity contribution in [3.8, 4) is 0 Å². The Hall–Kier alpha value is -0.850. The summed E-state index contributed by atoms with van der Waals surface area (Å²) in [7, 11) is 0. The van der Waals surface area contributed by atoms with Gasteiger partial charge in [-0.05, 0) is 18.1 Å². The van der Waals surface area contributed by atoms with Crippen molar-refractivity contribution in [1.82, 2.24) is 0 Å².